The number of aryl methyl sites for hydroxylation is 1. The Labute approximate surface area is 145 Å². The van der Waals surface area contributed by atoms with Crippen LogP contribution in [0, 0.1) is 0 Å². The Balaban J connectivity index is 1.39. The summed E-state index contributed by atoms with van der Waals surface area (Å²) < 4.78 is 1.97. The van der Waals surface area contributed by atoms with E-state index in [1.807, 2.05) is 47.2 Å². The molecule has 1 aliphatic rings. The monoisotopic (exact) mass is 334 g/mol. The smallest absolute Gasteiger partial charge is 0.259 e. The summed E-state index contributed by atoms with van der Waals surface area (Å²) >= 11 is 0. The van der Waals surface area contributed by atoms with Gasteiger partial charge in [-0.1, -0.05) is 24.3 Å². The zero-order chi connectivity index (χ0) is 17.2. The van der Waals surface area contributed by atoms with Gasteiger partial charge >= 0.3 is 0 Å². The number of imidazole rings is 1. The Bertz CT molecular complexity index is 929. The standard InChI is InChI=1S/C19H18N4O2/c24-17(21-8-3-10-22-11-9-20-13-22)12-23-16-7-2-5-14-4-1-6-15(18(14)16)19(23)25/h1-2,4-7,9,11,13H,3,8,10,12H2,(H,21,24). The van der Waals surface area contributed by atoms with Crippen LogP contribution < -0.4 is 10.2 Å². The van der Waals surface area contributed by atoms with Crippen LogP contribution in [0.3, 0.4) is 0 Å². The average molecular weight is 334 g/mol. The molecule has 25 heavy (non-hydrogen) atoms. The molecule has 1 aromatic heterocycles. The maximum absolute atomic E-state index is 12.6. The molecule has 0 saturated carbocycles. The van der Waals surface area contributed by atoms with E-state index in [-0.39, 0.29) is 18.4 Å². The molecule has 6 heteroatoms. The van der Waals surface area contributed by atoms with Gasteiger partial charge in [-0.25, -0.2) is 4.98 Å². The fraction of sp³-hybridized carbons (Fsp3) is 0.211. The maximum atomic E-state index is 12.6. The Morgan fingerprint density at radius 1 is 1.16 bits per heavy atom. The molecule has 0 unspecified atom stereocenters. The summed E-state index contributed by atoms with van der Waals surface area (Å²) in [6.45, 7) is 1.40. The van der Waals surface area contributed by atoms with Gasteiger partial charge in [-0.3, -0.25) is 14.5 Å². The molecule has 1 aliphatic heterocycles. The minimum Gasteiger partial charge on any atom is -0.354 e. The predicted molar refractivity (Wildman–Crippen MR) is 95.5 cm³/mol. The van der Waals surface area contributed by atoms with Crippen LogP contribution in [0.1, 0.15) is 16.8 Å². The lowest BCUT2D eigenvalue weighted by Crippen LogP contribution is -2.39. The first-order valence-electron chi connectivity index (χ1n) is 8.30. The highest BCUT2D eigenvalue weighted by molar-refractivity contribution is 6.26. The van der Waals surface area contributed by atoms with Crippen molar-refractivity contribution in [2.24, 2.45) is 0 Å². The number of carbonyl (C=O) groups is 2. The zero-order valence-corrected chi connectivity index (χ0v) is 13.7. The molecule has 0 radical (unpaired) electrons. The van der Waals surface area contributed by atoms with Crippen LogP contribution in [-0.4, -0.2) is 34.5 Å². The van der Waals surface area contributed by atoms with Gasteiger partial charge in [-0.05, 0) is 23.9 Å². The quantitative estimate of drug-likeness (QED) is 0.703. The van der Waals surface area contributed by atoms with E-state index in [2.05, 4.69) is 10.3 Å². The number of nitrogens with zero attached hydrogens (tertiary/aromatic N) is 3. The molecule has 2 amide bonds. The van der Waals surface area contributed by atoms with Crippen molar-refractivity contribution in [3.8, 4) is 0 Å². The highest BCUT2D eigenvalue weighted by atomic mass is 16.2. The molecular formula is C19H18N4O2. The summed E-state index contributed by atoms with van der Waals surface area (Å²) in [5, 5.41) is 4.84. The van der Waals surface area contributed by atoms with Crippen LogP contribution in [0.25, 0.3) is 10.8 Å². The van der Waals surface area contributed by atoms with Gasteiger partial charge in [0.15, 0.2) is 0 Å². The van der Waals surface area contributed by atoms with Crippen LogP contribution in [0.15, 0.2) is 55.1 Å². The number of carbonyl (C=O) groups excluding carboxylic acids is 2. The van der Waals surface area contributed by atoms with E-state index in [0.29, 0.717) is 12.1 Å². The topological polar surface area (TPSA) is 67.2 Å². The second-order valence-corrected chi connectivity index (χ2v) is 6.08. The molecule has 1 N–H and O–H groups in total. The molecule has 126 valence electrons. The lowest BCUT2D eigenvalue weighted by molar-refractivity contribution is -0.119. The minimum atomic E-state index is -0.149. The molecule has 0 fully saturated rings. The number of hydrogen-bond donors (Lipinski definition) is 1. The van der Waals surface area contributed by atoms with Crippen molar-refractivity contribution in [1.29, 1.82) is 0 Å². The fourth-order valence-corrected chi connectivity index (χ4v) is 3.24. The number of aromatic nitrogens is 2. The van der Waals surface area contributed by atoms with Gasteiger partial charge < -0.3 is 9.88 Å². The molecule has 0 saturated heterocycles. The van der Waals surface area contributed by atoms with Crippen molar-refractivity contribution in [2.45, 2.75) is 13.0 Å². The van der Waals surface area contributed by atoms with E-state index < -0.39 is 0 Å². The van der Waals surface area contributed by atoms with Crippen molar-refractivity contribution in [1.82, 2.24) is 14.9 Å². The van der Waals surface area contributed by atoms with E-state index in [9.17, 15) is 9.59 Å². The lowest BCUT2D eigenvalue weighted by Gasteiger charge is -2.17. The third kappa shape index (κ3) is 2.87. The number of anilines is 1. The molecular weight excluding hydrogens is 316 g/mol. The van der Waals surface area contributed by atoms with Gasteiger partial charge in [-0.2, -0.15) is 0 Å². The van der Waals surface area contributed by atoms with Crippen LogP contribution in [-0.2, 0) is 11.3 Å². The number of nitrogens with one attached hydrogen (secondary N) is 1. The molecule has 4 rings (SSSR count). The largest absolute Gasteiger partial charge is 0.354 e. The third-order valence-corrected chi connectivity index (χ3v) is 4.43. The summed E-state index contributed by atoms with van der Waals surface area (Å²) in [7, 11) is 0. The molecule has 2 aromatic carbocycles. The van der Waals surface area contributed by atoms with Crippen LogP contribution in [0.4, 0.5) is 5.69 Å². The summed E-state index contributed by atoms with van der Waals surface area (Å²) in [4.78, 5) is 30.4. The van der Waals surface area contributed by atoms with Crippen LogP contribution >= 0.6 is 0 Å². The van der Waals surface area contributed by atoms with Crippen LogP contribution in [0.5, 0.6) is 0 Å². The molecule has 0 aliphatic carbocycles. The average Bonchev–Trinajstić information content (AvgIpc) is 3.23. The van der Waals surface area contributed by atoms with Gasteiger partial charge in [0.1, 0.15) is 6.54 Å². The first-order valence-corrected chi connectivity index (χ1v) is 8.30. The first-order chi connectivity index (χ1) is 12.2. The van der Waals surface area contributed by atoms with E-state index in [1.165, 1.54) is 0 Å². The summed E-state index contributed by atoms with van der Waals surface area (Å²) in [6.07, 6.45) is 6.19. The number of benzene rings is 2. The second-order valence-electron chi connectivity index (χ2n) is 6.08. The SMILES string of the molecule is O=C(CN1C(=O)c2cccc3cccc1c23)NCCCn1ccnc1. The van der Waals surface area contributed by atoms with E-state index in [0.717, 1.165) is 29.4 Å². The molecule has 0 bridgehead atoms. The van der Waals surface area contributed by atoms with Gasteiger partial charge in [0, 0.05) is 36.4 Å². The number of hydrogen-bond acceptors (Lipinski definition) is 3. The normalized spacial score (nSPS) is 12.8. The Kier molecular flexibility index (Phi) is 3.93. The fourth-order valence-electron chi connectivity index (χ4n) is 3.24. The summed E-state index contributed by atoms with van der Waals surface area (Å²) in [6, 6.07) is 11.5. The first kappa shape index (κ1) is 15.4. The predicted octanol–water partition coefficient (Wildman–Crippen LogP) is 2.20. The number of rotatable bonds is 6. The van der Waals surface area contributed by atoms with Gasteiger partial charge in [0.25, 0.3) is 5.91 Å². The van der Waals surface area contributed by atoms with Gasteiger partial charge in [0.05, 0.1) is 12.0 Å². The Hall–Kier alpha value is -3.15. The van der Waals surface area contributed by atoms with Gasteiger partial charge in [0.2, 0.25) is 5.91 Å². The maximum Gasteiger partial charge on any atom is 0.259 e. The second kappa shape index (κ2) is 6.39. The minimum absolute atomic E-state index is 0.0394. The highest BCUT2D eigenvalue weighted by Crippen LogP contribution is 2.36. The lowest BCUT2D eigenvalue weighted by atomic mass is 10.1. The molecule has 3 aromatic rings. The van der Waals surface area contributed by atoms with E-state index >= 15 is 0 Å². The van der Waals surface area contributed by atoms with E-state index in [1.54, 1.807) is 17.4 Å². The molecule has 6 nitrogen and oxygen atoms in total. The van der Waals surface area contributed by atoms with Crippen molar-refractivity contribution in [3.05, 3.63) is 60.7 Å². The summed E-state index contributed by atoms with van der Waals surface area (Å²) in [5.74, 6) is -0.260. The Morgan fingerprint density at radius 2 is 2.00 bits per heavy atom. The number of amides is 2. The van der Waals surface area contributed by atoms with Crippen molar-refractivity contribution < 1.29 is 9.59 Å². The van der Waals surface area contributed by atoms with Crippen molar-refractivity contribution in [3.63, 3.8) is 0 Å². The highest BCUT2D eigenvalue weighted by Gasteiger charge is 2.30. The Morgan fingerprint density at radius 3 is 2.80 bits per heavy atom. The van der Waals surface area contributed by atoms with Crippen molar-refractivity contribution in [2.75, 3.05) is 18.0 Å². The van der Waals surface area contributed by atoms with Crippen LogP contribution in [0.2, 0.25) is 0 Å². The van der Waals surface area contributed by atoms with E-state index in [4.69, 9.17) is 0 Å². The summed E-state index contributed by atoms with van der Waals surface area (Å²) in [5.41, 5.74) is 1.48. The van der Waals surface area contributed by atoms with Gasteiger partial charge in [-0.15, -0.1) is 0 Å². The third-order valence-electron chi connectivity index (χ3n) is 4.43. The molecule has 0 spiro atoms. The molecule has 0 atom stereocenters. The van der Waals surface area contributed by atoms with Crippen molar-refractivity contribution >= 4 is 28.3 Å². The zero-order valence-electron chi connectivity index (χ0n) is 13.7. The molecule has 2 heterocycles.